The summed E-state index contributed by atoms with van der Waals surface area (Å²) in [5, 5.41) is 11.0. The molecule has 2 bridgehead atoms. The summed E-state index contributed by atoms with van der Waals surface area (Å²) in [5.41, 5.74) is 4.24. The highest BCUT2D eigenvalue weighted by Crippen LogP contribution is 2.75. The zero-order chi connectivity index (χ0) is 44.4. The monoisotopic (exact) mass is 866 g/mol. The number of halogens is 3. The summed E-state index contributed by atoms with van der Waals surface area (Å²) in [7, 11) is -4.06. The Morgan fingerprint density at radius 3 is 2.25 bits per heavy atom. The Morgan fingerprint density at radius 1 is 0.983 bits per heavy atom. The van der Waals surface area contributed by atoms with Crippen LogP contribution in [0.5, 0.6) is 0 Å². The Balaban J connectivity index is 1.17. The van der Waals surface area contributed by atoms with E-state index in [1.807, 2.05) is 6.92 Å². The molecule has 1 aliphatic heterocycles. The SMILES string of the molecule is CC(=O)O[C@@H]1C[C@@]23COC[C@@](C)([C@@H]2CC[C@H]2C3=CC[C@@]3(C)[C@H](C(=O)O)[C@@](C)([C@H](C)C(C)C)CC[C@]23C)[C@H]1OC(=O)C(N)CCCCNS(=O)(=O)c1ccc(C(F)(F)F)cc1. The first-order valence-electron chi connectivity index (χ1n) is 21.6. The number of carboxylic acids is 1. The van der Waals surface area contributed by atoms with Gasteiger partial charge in [-0.2, -0.15) is 13.2 Å². The minimum atomic E-state index is -4.59. The number of unbranched alkanes of at least 4 members (excludes halogenated alkanes) is 1. The number of carboxylic acid groups (broad SMARTS) is 1. The van der Waals surface area contributed by atoms with Crippen LogP contribution >= 0.6 is 0 Å². The molecule has 60 heavy (non-hydrogen) atoms. The van der Waals surface area contributed by atoms with Crippen molar-refractivity contribution in [3.63, 3.8) is 0 Å². The largest absolute Gasteiger partial charge is 0.481 e. The lowest BCUT2D eigenvalue weighted by atomic mass is 9.34. The van der Waals surface area contributed by atoms with E-state index in [0.29, 0.717) is 50.3 Å². The molecule has 11 nitrogen and oxygen atoms in total. The topological polar surface area (TPSA) is 171 Å². The van der Waals surface area contributed by atoms with Crippen LogP contribution in [-0.2, 0) is 44.8 Å². The molecule has 4 fully saturated rings. The number of aliphatic carboxylic acids is 1. The van der Waals surface area contributed by atoms with Crippen LogP contribution in [0.4, 0.5) is 13.2 Å². The van der Waals surface area contributed by atoms with Crippen molar-refractivity contribution in [2.75, 3.05) is 19.8 Å². The zero-order valence-electron chi connectivity index (χ0n) is 36.3. The summed E-state index contributed by atoms with van der Waals surface area (Å²) in [5.74, 6) is -1.76. The number of ether oxygens (including phenoxy) is 3. The molecule has 6 rings (SSSR count). The molecule has 12 atom stereocenters. The van der Waals surface area contributed by atoms with E-state index in [4.69, 9.17) is 19.9 Å². The molecular weight excluding hydrogens is 802 g/mol. The highest BCUT2D eigenvalue weighted by Gasteiger charge is 2.72. The number of nitrogens with two attached hydrogens (primary N) is 1. The molecule has 4 aliphatic carbocycles. The van der Waals surface area contributed by atoms with Gasteiger partial charge in [0.05, 0.1) is 29.6 Å². The summed E-state index contributed by atoms with van der Waals surface area (Å²) in [4.78, 5) is 39.6. The van der Waals surface area contributed by atoms with Gasteiger partial charge in [0.1, 0.15) is 18.2 Å². The maximum atomic E-state index is 13.7. The van der Waals surface area contributed by atoms with Gasteiger partial charge in [-0.15, -0.1) is 0 Å². The van der Waals surface area contributed by atoms with E-state index in [0.717, 1.165) is 37.8 Å². The minimum absolute atomic E-state index is 0.0240. The Kier molecular flexibility index (Phi) is 12.6. The minimum Gasteiger partial charge on any atom is -0.481 e. The second-order valence-electron chi connectivity index (χ2n) is 20.1. The number of allylic oxidation sites excluding steroid dienone is 1. The molecule has 0 radical (unpaired) electrons. The normalized spacial score (nSPS) is 37.4. The molecule has 1 aromatic carbocycles. The molecule has 0 aromatic heterocycles. The molecule has 1 saturated heterocycles. The van der Waals surface area contributed by atoms with Gasteiger partial charge >= 0.3 is 24.1 Å². The van der Waals surface area contributed by atoms with Crippen molar-refractivity contribution >= 4 is 27.9 Å². The molecular formula is C45H65F3N2O9S. The lowest BCUT2D eigenvalue weighted by Gasteiger charge is -2.71. The number of hydrogen-bond acceptors (Lipinski definition) is 9. The van der Waals surface area contributed by atoms with E-state index < -0.39 is 80.1 Å². The van der Waals surface area contributed by atoms with Crippen LogP contribution in [0.3, 0.4) is 0 Å². The van der Waals surface area contributed by atoms with Crippen LogP contribution in [0, 0.1) is 56.7 Å². The number of carbonyl (C=O) groups is 3. The average molecular weight is 867 g/mol. The number of alkyl halides is 3. The Morgan fingerprint density at radius 2 is 1.65 bits per heavy atom. The Bertz CT molecular complexity index is 1960. The first-order chi connectivity index (χ1) is 27.8. The molecule has 1 unspecified atom stereocenters. The highest BCUT2D eigenvalue weighted by atomic mass is 32.2. The van der Waals surface area contributed by atoms with Crippen LogP contribution in [0.2, 0.25) is 0 Å². The third-order valence-electron chi connectivity index (χ3n) is 16.7. The quantitative estimate of drug-likeness (QED) is 0.101. The first-order valence-corrected chi connectivity index (χ1v) is 23.1. The summed E-state index contributed by atoms with van der Waals surface area (Å²) in [6.45, 7) is 17.3. The molecule has 1 aromatic rings. The standard InChI is InChI=1S/C45H65F3N2O9S/c1-26(2)27(3)40(5)20-21-42(7)31-16-17-35-41(6)24-57-25-44(35,32(31)18-19-43(42,8)36(40)38(52)53)23-34(58-28(4)51)37(41)59-39(54)33(49)11-9-10-22-50-60(55,56)30-14-12-29(13-15-30)45(46,47)48/h12-15,18,26-27,31,33-37,50H,9-11,16-17,19-25,49H2,1-8H3,(H,52,53)/t27-,31+,33?,34-,35+,36-,37+,40-,41+,42-,43+,44+/m1/s1. The van der Waals surface area contributed by atoms with Gasteiger partial charge in [-0.05, 0) is 116 Å². The Labute approximate surface area is 353 Å². The van der Waals surface area contributed by atoms with E-state index in [1.165, 1.54) is 12.5 Å². The molecule has 336 valence electrons. The van der Waals surface area contributed by atoms with Crippen molar-refractivity contribution < 1.29 is 55.3 Å². The van der Waals surface area contributed by atoms with Crippen molar-refractivity contribution in [3.8, 4) is 0 Å². The van der Waals surface area contributed by atoms with Gasteiger partial charge in [-0.25, -0.2) is 13.1 Å². The third-order valence-corrected chi connectivity index (χ3v) is 18.1. The fourth-order valence-corrected chi connectivity index (χ4v) is 14.1. The first kappa shape index (κ1) is 46.5. The number of nitrogens with one attached hydrogen (secondary N) is 1. The van der Waals surface area contributed by atoms with Crippen molar-refractivity contribution in [2.24, 2.45) is 62.4 Å². The summed E-state index contributed by atoms with van der Waals surface area (Å²) in [6.07, 6.45) is 1.29. The van der Waals surface area contributed by atoms with Crippen LogP contribution in [0.25, 0.3) is 0 Å². The van der Waals surface area contributed by atoms with Crippen LogP contribution in [-0.4, -0.2) is 69.4 Å². The van der Waals surface area contributed by atoms with Gasteiger partial charge in [0.25, 0.3) is 0 Å². The molecule has 15 heteroatoms. The Hall–Kier alpha value is -3.01. The second-order valence-corrected chi connectivity index (χ2v) is 21.8. The van der Waals surface area contributed by atoms with Crippen molar-refractivity contribution in [3.05, 3.63) is 41.5 Å². The van der Waals surface area contributed by atoms with Gasteiger partial charge in [0, 0.05) is 24.3 Å². The number of sulfonamides is 1. The molecule has 5 aliphatic rings. The summed E-state index contributed by atoms with van der Waals surface area (Å²) >= 11 is 0. The van der Waals surface area contributed by atoms with E-state index in [-0.39, 0.29) is 53.1 Å². The van der Waals surface area contributed by atoms with Gasteiger partial charge in [0.2, 0.25) is 10.0 Å². The third kappa shape index (κ3) is 7.73. The summed E-state index contributed by atoms with van der Waals surface area (Å²) in [6, 6.07) is 2.17. The maximum absolute atomic E-state index is 13.7. The smallest absolute Gasteiger partial charge is 0.416 e. The fraction of sp³-hybridized carbons (Fsp3) is 0.756. The fourth-order valence-electron chi connectivity index (χ4n) is 13.0. The molecule has 4 N–H and O–H groups in total. The molecule has 3 saturated carbocycles. The molecule has 0 spiro atoms. The highest BCUT2D eigenvalue weighted by molar-refractivity contribution is 7.89. The van der Waals surface area contributed by atoms with Crippen LogP contribution < -0.4 is 10.5 Å². The van der Waals surface area contributed by atoms with Gasteiger partial charge in [0.15, 0.2) is 0 Å². The number of fused-ring (bicyclic) bond motifs is 3. The van der Waals surface area contributed by atoms with Gasteiger partial charge in [-0.1, -0.05) is 66.5 Å². The van der Waals surface area contributed by atoms with E-state index in [2.05, 4.69) is 52.3 Å². The molecule has 0 amide bonds. The lowest BCUT2D eigenvalue weighted by molar-refractivity contribution is -0.263. The van der Waals surface area contributed by atoms with E-state index in [9.17, 15) is 41.1 Å². The van der Waals surface area contributed by atoms with Crippen molar-refractivity contribution in [1.29, 1.82) is 0 Å². The number of hydrogen-bond donors (Lipinski definition) is 3. The number of esters is 2. The van der Waals surface area contributed by atoms with Crippen LogP contribution in [0.15, 0.2) is 40.8 Å². The van der Waals surface area contributed by atoms with Crippen molar-refractivity contribution in [1.82, 2.24) is 4.72 Å². The predicted octanol–water partition coefficient (Wildman–Crippen LogP) is 7.91. The zero-order valence-corrected chi connectivity index (χ0v) is 37.1. The average Bonchev–Trinajstić information content (AvgIpc) is 3.15. The van der Waals surface area contributed by atoms with Crippen molar-refractivity contribution in [2.45, 2.75) is 142 Å². The summed E-state index contributed by atoms with van der Waals surface area (Å²) < 4.78 is 85.3. The van der Waals surface area contributed by atoms with Gasteiger partial charge < -0.3 is 25.1 Å². The number of benzene rings is 1. The van der Waals surface area contributed by atoms with Gasteiger partial charge in [-0.3, -0.25) is 14.4 Å². The second kappa shape index (κ2) is 16.3. The lowest BCUT2D eigenvalue weighted by Crippen LogP contribution is -2.70. The maximum Gasteiger partial charge on any atom is 0.416 e. The van der Waals surface area contributed by atoms with E-state index >= 15 is 0 Å². The number of rotatable bonds is 13. The number of carbonyl (C=O) groups excluding carboxylic acids is 2. The predicted molar refractivity (Wildman–Crippen MR) is 217 cm³/mol. The van der Waals surface area contributed by atoms with E-state index in [1.54, 1.807) is 0 Å². The molecule has 1 heterocycles. The van der Waals surface area contributed by atoms with Crippen LogP contribution in [0.1, 0.15) is 119 Å².